The van der Waals surface area contributed by atoms with E-state index in [0.717, 1.165) is 18.4 Å². The Morgan fingerprint density at radius 2 is 2.21 bits per heavy atom. The minimum Gasteiger partial charge on any atom is -0.408 e. The van der Waals surface area contributed by atoms with Crippen LogP contribution in [0.25, 0.3) is 11.1 Å². The molecule has 1 heterocycles. The normalized spacial score (nSPS) is 16.5. The minimum atomic E-state index is -0.381. The number of nitrogens with zero attached hydrogens (tertiary/aromatic N) is 1. The van der Waals surface area contributed by atoms with E-state index in [4.69, 9.17) is 4.42 Å². The lowest BCUT2D eigenvalue weighted by Gasteiger charge is -2.13. The van der Waals surface area contributed by atoms with Crippen LogP contribution >= 0.6 is 0 Å². The number of para-hydroxylation sites is 2. The van der Waals surface area contributed by atoms with Gasteiger partial charge in [0, 0.05) is 18.5 Å². The van der Waals surface area contributed by atoms with Gasteiger partial charge in [0.25, 0.3) is 0 Å². The van der Waals surface area contributed by atoms with Gasteiger partial charge in [-0.05, 0) is 31.9 Å². The Labute approximate surface area is 110 Å². The van der Waals surface area contributed by atoms with E-state index in [2.05, 4.69) is 5.32 Å². The van der Waals surface area contributed by atoms with E-state index in [9.17, 15) is 9.59 Å². The van der Waals surface area contributed by atoms with Gasteiger partial charge in [-0.1, -0.05) is 12.1 Å². The van der Waals surface area contributed by atoms with Crippen molar-refractivity contribution < 1.29 is 9.21 Å². The van der Waals surface area contributed by atoms with E-state index < -0.39 is 0 Å². The van der Waals surface area contributed by atoms with Crippen LogP contribution in [0.5, 0.6) is 0 Å². The number of aromatic nitrogens is 1. The highest BCUT2D eigenvalue weighted by atomic mass is 16.4. The van der Waals surface area contributed by atoms with E-state index >= 15 is 0 Å². The third kappa shape index (κ3) is 2.41. The number of fused-ring (bicyclic) bond motifs is 1. The van der Waals surface area contributed by atoms with Gasteiger partial charge in [0.2, 0.25) is 5.91 Å². The van der Waals surface area contributed by atoms with E-state index in [-0.39, 0.29) is 23.6 Å². The molecule has 0 aliphatic heterocycles. The zero-order valence-corrected chi connectivity index (χ0v) is 10.8. The number of hydrogen-bond donors (Lipinski definition) is 1. The summed E-state index contributed by atoms with van der Waals surface area (Å²) < 4.78 is 6.72. The van der Waals surface area contributed by atoms with Gasteiger partial charge in [-0.3, -0.25) is 9.36 Å². The minimum absolute atomic E-state index is 0.0909. The first-order valence-electron chi connectivity index (χ1n) is 6.54. The SMILES string of the molecule is C[C@@H](Cn1c(=O)oc2ccccc21)NC(=O)C1CC1. The van der Waals surface area contributed by atoms with Gasteiger partial charge in [0.1, 0.15) is 0 Å². The Hall–Kier alpha value is -2.04. The summed E-state index contributed by atoms with van der Waals surface area (Å²) in [5.41, 5.74) is 1.34. The predicted octanol–water partition coefficient (Wildman–Crippen LogP) is 1.51. The number of hydrogen-bond acceptors (Lipinski definition) is 3. The standard InChI is InChI=1S/C14H16N2O3/c1-9(15-13(17)10-6-7-10)8-16-11-4-2-3-5-12(11)19-14(16)18/h2-5,9-10H,6-8H2,1H3,(H,15,17)/t9-/m0/s1. The van der Waals surface area contributed by atoms with Crippen LogP contribution in [0.1, 0.15) is 19.8 Å². The van der Waals surface area contributed by atoms with Crippen molar-refractivity contribution in [1.82, 2.24) is 9.88 Å². The monoisotopic (exact) mass is 260 g/mol. The molecule has 5 heteroatoms. The summed E-state index contributed by atoms with van der Waals surface area (Å²) in [5, 5.41) is 2.93. The lowest BCUT2D eigenvalue weighted by Crippen LogP contribution is -2.38. The van der Waals surface area contributed by atoms with Crippen LogP contribution in [0.3, 0.4) is 0 Å². The largest absolute Gasteiger partial charge is 0.420 e. The summed E-state index contributed by atoms with van der Waals surface area (Å²) in [4.78, 5) is 23.5. The Morgan fingerprint density at radius 3 is 2.95 bits per heavy atom. The quantitative estimate of drug-likeness (QED) is 0.906. The zero-order chi connectivity index (χ0) is 13.4. The summed E-state index contributed by atoms with van der Waals surface area (Å²) in [7, 11) is 0. The van der Waals surface area contributed by atoms with Gasteiger partial charge in [-0.25, -0.2) is 4.79 Å². The second-order valence-electron chi connectivity index (χ2n) is 5.13. The van der Waals surface area contributed by atoms with Crippen LogP contribution in [0.15, 0.2) is 33.5 Å². The summed E-state index contributed by atoms with van der Waals surface area (Å²) in [6.45, 7) is 2.32. The number of carbonyl (C=O) groups is 1. The van der Waals surface area contributed by atoms with Crippen molar-refractivity contribution in [2.75, 3.05) is 0 Å². The molecule has 0 saturated heterocycles. The van der Waals surface area contributed by atoms with Crippen molar-refractivity contribution in [1.29, 1.82) is 0 Å². The third-order valence-electron chi connectivity index (χ3n) is 3.37. The van der Waals surface area contributed by atoms with Crippen LogP contribution in [-0.2, 0) is 11.3 Å². The van der Waals surface area contributed by atoms with Gasteiger partial charge in [0.05, 0.1) is 5.52 Å². The topological polar surface area (TPSA) is 64.2 Å². The van der Waals surface area contributed by atoms with Gasteiger partial charge >= 0.3 is 5.76 Å². The molecule has 1 amide bonds. The molecule has 0 unspecified atom stereocenters. The molecule has 1 aliphatic rings. The molecular formula is C14H16N2O3. The molecule has 1 aliphatic carbocycles. The molecule has 5 nitrogen and oxygen atoms in total. The number of carbonyl (C=O) groups excluding carboxylic acids is 1. The smallest absolute Gasteiger partial charge is 0.408 e. The predicted molar refractivity (Wildman–Crippen MR) is 70.8 cm³/mol. The van der Waals surface area contributed by atoms with Gasteiger partial charge in [0.15, 0.2) is 5.58 Å². The highest BCUT2D eigenvalue weighted by molar-refractivity contribution is 5.81. The first kappa shape index (κ1) is 12.0. The van der Waals surface area contributed by atoms with E-state index in [1.165, 1.54) is 0 Å². The van der Waals surface area contributed by atoms with Gasteiger partial charge < -0.3 is 9.73 Å². The molecule has 1 N–H and O–H groups in total. The lowest BCUT2D eigenvalue weighted by molar-refractivity contribution is -0.122. The molecule has 100 valence electrons. The van der Waals surface area contributed by atoms with E-state index in [0.29, 0.717) is 12.1 Å². The maximum atomic E-state index is 11.8. The molecule has 1 aromatic heterocycles. The van der Waals surface area contributed by atoms with Crippen LogP contribution in [0.4, 0.5) is 0 Å². The molecule has 1 saturated carbocycles. The lowest BCUT2D eigenvalue weighted by atomic mass is 10.2. The number of amides is 1. The Morgan fingerprint density at radius 1 is 1.47 bits per heavy atom. The first-order chi connectivity index (χ1) is 9.15. The highest BCUT2D eigenvalue weighted by Gasteiger charge is 2.30. The Kier molecular flexibility index (Phi) is 2.89. The highest BCUT2D eigenvalue weighted by Crippen LogP contribution is 2.28. The van der Waals surface area contributed by atoms with Gasteiger partial charge in [-0.15, -0.1) is 0 Å². The Balaban J connectivity index is 1.78. The fourth-order valence-corrected chi connectivity index (χ4v) is 2.21. The second kappa shape index (κ2) is 4.57. The van der Waals surface area contributed by atoms with Crippen molar-refractivity contribution in [3.8, 4) is 0 Å². The zero-order valence-electron chi connectivity index (χ0n) is 10.8. The number of rotatable bonds is 4. The van der Waals surface area contributed by atoms with Crippen LogP contribution in [0.2, 0.25) is 0 Å². The van der Waals surface area contributed by atoms with Crippen molar-refractivity contribution in [3.63, 3.8) is 0 Å². The molecule has 1 aromatic carbocycles. The van der Waals surface area contributed by atoms with Crippen LogP contribution < -0.4 is 11.1 Å². The van der Waals surface area contributed by atoms with Crippen molar-refractivity contribution in [2.45, 2.75) is 32.4 Å². The Bertz CT molecular complexity index is 667. The average Bonchev–Trinajstić information content (AvgIpc) is 3.17. The van der Waals surface area contributed by atoms with Crippen molar-refractivity contribution >= 4 is 17.0 Å². The fourth-order valence-electron chi connectivity index (χ4n) is 2.21. The molecule has 0 spiro atoms. The summed E-state index contributed by atoms with van der Waals surface area (Å²) >= 11 is 0. The number of oxazole rings is 1. The maximum Gasteiger partial charge on any atom is 0.420 e. The summed E-state index contributed by atoms with van der Waals surface area (Å²) in [6, 6.07) is 7.21. The molecular weight excluding hydrogens is 244 g/mol. The molecule has 2 aromatic rings. The van der Waals surface area contributed by atoms with E-state index in [1.807, 2.05) is 25.1 Å². The maximum absolute atomic E-state index is 11.8. The van der Waals surface area contributed by atoms with Crippen LogP contribution in [-0.4, -0.2) is 16.5 Å². The van der Waals surface area contributed by atoms with Crippen molar-refractivity contribution in [2.24, 2.45) is 5.92 Å². The third-order valence-corrected chi connectivity index (χ3v) is 3.37. The van der Waals surface area contributed by atoms with Crippen molar-refractivity contribution in [3.05, 3.63) is 34.8 Å². The van der Waals surface area contributed by atoms with Crippen LogP contribution in [0, 0.1) is 5.92 Å². The molecule has 0 radical (unpaired) electrons. The first-order valence-corrected chi connectivity index (χ1v) is 6.54. The molecule has 0 bridgehead atoms. The molecule has 19 heavy (non-hydrogen) atoms. The fraction of sp³-hybridized carbons (Fsp3) is 0.429. The second-order valence-corrected chi connectivity index (χ2v) is 5.13. The van der Waals surface area contributed by atoms with Gasteiger partial charge in [-0.2, -0.15) is 0 Å². The summed E-state index contributed by atoms with van der Waals surface area (Å²) in [6.07, 6.45) is 1.96. The summed E-state index contributed by atoms with van der Waals surface area (Å²) in [5.74, 6) is -0.109. The molecule has 1 atom stereocenters. The number of nitrogens with one attached hydrogen (secondary N) is 1. The molecule has 3 rings (SSSR count). The average molecular weight is 260 g/mol. The number of benzene rings is 1. The molecule has 1 fully saturated rings. The van der Waals surface area contributed by atoms with E-state index in [1.54, 1.807) is 10.6 Å².